The van der Waals surface area contributed by atoms with Gasteiger partial charge in [-0.05, 0) is 19.3 Å². The molecule has 2 aliphatic rings. The van der Waals surface area contributed by atoms with Crippen LogP contribution in [-0.2, 0) is 15.6 Å². The number of hydrogen-bond donors (Lipinski definition) is 0. The molecule has 0 aromatic heterocycles. The van der Waals surface area contributed by atoms with Gasteiger partial charge in [0.15, 0.2) is 0 Å². The van der Waals surface area contributed by atoms with Crippen molar-refractivity contribution in [3.63, 3.8) is 0 Å². The van der Waals surface area contributed by atoms with Crippen molar-refractivity contribution in [3.8, 4) is 0 Å². The third kappa shape index (κ3) is 3.44. The molecular formula is C16H29NO2S. The summed E-state index contributed by atoms with van der Waals surface area (Å²) in [4.78, 5) is 13.9. The lowest BCUT2D eigenvalue weighted by molar-refractivity contribution is -0.131. The fourth-order valence-corrected chi connectivity index (χ4v) is 5.49. The molecule has 0 radical (unpaired) electrons. The largest absolute Gasteiger partial charge is 0.325 e. The van der Waals surface area contributed by atoms with Crippen molar-refractivity contribution < 1.29 is 9.00 Å². The van der Waals surface area contributed by atoms with Crippen molar-refractivity contribution in [1.82, 2.24) is 4.90 Å². The lowest BCUT2D eigenvalue weighted by Crippen LogP contribution is -2.49. The van der Waals surface area contributed by atoms with Gasteiger partial charge in [0.2, 0.25) is 5.91 Å². The molecular weight excluding hydrogens is 270 g/mol. The zero-order valence-electron chi connectivity index (χ0n) is 12.9. The summed E-state index contributed by atoms with van der Waals surface area (Å²) < 4.78 is 12.4. The lowest BCUT2D eigenvalue weighted by Gasteiger charge is -2.40. The van der Waals surface area contributed by atoms with E-state index >= 15 is 0 Å². The van der Waals surface area contributed by atoms with Crippen LogP contribution in [0.25, 0.3) is 0 Å². The monoisotopic (exact) mass is 299 g/mol. The van der Waals surface area contributed by atoms with Crippen molar-refractivity contribution in [3.05, 3.63) is 0 Å². The quantitative estimate of drug-likeness (QED) is 0.674. The molecule has 116 valence electrons. The van der Waals surface area contributed by atoms with Crippen LogP contribution in [0.3, 0.4) is 0 Å². The van der Waals surface area contributed by atoms with Crippen molar-refractivity contribution in [1.29, 1.82) is 0 Å². The molecule has 1 amide bonds. The Bertz CT molecular complexity index is 350. The predicted octanol–water partition coefficient (Wildman–Crippen LogP) is 3.60. The minimum Gasteiger partial charge on any atom is -0.325 e. The Labute approximate surface area is 125 Å². The predicted molar refractivity (Wildman–Crippen MR) is 83.9 cm³/mol. The fraction of sp³-hybridized carbons (Fsp3) is 0.938. The average Bonchev–Trinajstić information content (AvgIpc) is 2.67. The third-order valence-corrected chi connectivity index (χ3v) is 6.83. The highest BCUT2D eigenvalue weighted by atomic mass is 32.2. The molecule has 1 saturated carbocycles. The second-order valence-electron chi connectivity index (χ2n) is 6.31. The number of carbonyl (C=O) groups excluding carboxylic acids is 1. The van der Waals surface area contributed by atoms with Gasteiger partial charge in [-0.3, -0.25) is 9.00 Å². The average molecular weight is 299 g/mol. The Hall–Kier alpha value is -0.380. The molecule has 1 saturated heterocycles. The van der Waals surface area contributed by atoms with E-state index in [1.165, 1.54) is 38.5 Å². The Balaban J connectivity index is 1.84. The molecule has 1 atom stereocenters. The summed E-state index contributed by atoms with van der Waals surface area (Å²) >= 11 is 0. The normalized spacial score (nSPS) is 25.6. The highest BCUT2D eigenvalue weighted by Gasteiger charge is 2.51. The second-order valence-corrected chi connectivity index (χ2v) is 8.05. The number of hydrogen-bond acceptors (Lipinski definition) is 2. The molecule has 20 heavy (non-hydrogen) atoms. The summed E-state index contributed by atoms with van der Waals surface area (Å²) in [6.45, 7) is 3.06. The molecule has 1 unspecified atom stereocenters. The van der Waals surface area contributed by atoms with Crippen LogP contribution in [0.4, 0.5) is 0 Å². The number of amides is 1. The fourth-order valence-electron chi connectivity index (χ4n) is 3.66. The third-order valence-electron chi connectivity index (χ3n) is 4.84. The van der Waals surface area contributed by atoms with Crippen LogP contribution in [0.1, 0.15) is 77.6 Å². The number of nitrogens with zero attached hydrogens (tertiary/aromatic N) is 1. The molecule has 2 fully saturated rings. The van der Waals surface area contributed by atoms with Gasteiger partial charge in [0, 0.05) is 6.54 Å². The van der Waals surface area contributed by atoms with Crippen LogP contribution in [0.5, 0.6) is 0 Å². The van der Waals surface area contributed by atoms with Crippen LogP contribution in [0.2, 0.25) is 0 Å². The van der Waals surface area contributed by atoms with Gasteiger partial charge in [-0.15, -0.1) is 0 Å². The Kier molecular flexibility index (Phi) is 6.06. The van der Waals surface area contributed by atoms with Crippen LogP contribution in [0, 0.1) is 0 Å². The first-order valence-corrected chi connectivity index (χ1v) is 9.71. The molecule has 0 N–H and O–H groups in total. The van der Waals surface area contributed by atoms with E-state index in [0.717, 1.165) is 38.6 Å². The van der Waals surface area contributed by atoms with Gasteiger partial charge in [-0.2, -0.15) is 0 Å². The Morgan fingerprint density at radius 2 is 1.70 bits per heavy atom. The summed E-state index contributed by atoms with van der Waals surface area (Å²) in [5.41, 5.74) is 0. The Morgan fingerprint density at radius 1 is 1.05 bits per heavy atom. The number of rotatable bonds is 7. The van der Waals surface area contributed by atoms with Gasteiger partial charge in [-0.25, -0.2) is 0 Å². The number of carbonyl (C=O) groups is 1. The van der Waals surface area contributed by atoms with Gasteiger partial charge in [0.25, 0.3) is 0 Å². The summed E-state index contributed by atoms with van der Waals surface area (Å²) in [6, 6.07) is 0. The van der Waals surface area contributed by atoms with Crippen molar-refractivity contribution >= 4 is 16.7 Å². The maximum Gasteiger partial charge on any atom is 0.236 e. The second kappa shape index (κ2) is 7.58. The summed E-state index contributed by atoms with van der Waals surface area (Å²) in [6.07, 6.45) is 12.9. The van der Waals surface area contributed by atoms with E-state index in [4.69, 9.17) is 0 Å². The van der Waals surface area contributed by atoms with Crippen LogP contribution in [-0.4, -0.2) is 32.2 Å². The van der Waals surface area contributed by atoms with Gasteiger partial charge in [0.05, 0.1) is 10.8 Å². The standard InChI is InChI=1S/C16H29NO2S/c1-2-3-4-5-6-10-13-17-15(18)14-20(19)16(17)11-8-7-9-12-16/h2-14H2,1H3. The van der Waals surface area contributed by atoms with Crippen molar-refractivity contribution in [2.24, 2.45) is 0 Å². The van der Waals surface area contributed by atoms with E-state index in [2.05, 4.69) is 6.92 Å². The highest BCUT2D eigenvalue weighted by Crippen LogP contribution is 2.40. The van der Waals surface area contributed by atoms with E-state index in [-0.39, 0.29) is 16.5 Å². The molecule has 0 aromatic carbocycles. The first-order valence-electron chi connectivity index (χ1n) is 8.39. The molecule has 0 bridgehead atoms. The van der Waals surface area contributed by atoms with Crippen molar-refractivity contribution in [2.45, 2.75) is 82.4 Å². The summed E-state index contributed by atoms with van der Waals surface area (Å²) in [7, 11) is -0.962. The smallest absolute Gasteiger partial charge is 0.236 e. The molecule has 1 heterocycles. The molecule has 4 heteroatoms. The van der Waals surface area contributed by atoms with Crippen LogP contribution < -0.4 is 0 Å². The molecule has 3 nitrogen and oxygen atoms in total. The van der Waals surface area contributed by atoms with Gasteiger partial charge < -0.3 is 4.90 Å². The molecule has 0 aromatic rings. The SMILES string of the molecule is CCCCCCCCN1C(=O)CS(=O)C12CCCCC2. The first kappa shape index (κ1) is 16.0. The van der Waals surface area contributed by atoms with E-state index in [0.29, 0.717) is 0 Å². The van der Waals surface area contributed by atoms with E-state index in [1.54, 1.807) is 0 Å². The van der Waals surface area contributed by atoms with E-state index in [9.17, 15) is 9.00 Å². The summed E-state index contributed by atoms with van der Waals surface area (Å²) in [5.74, 6) is 0.411. The molecule has 2 rings (SSSR count). The highest BCUT2D eigenvalue weighted by molar-refractivity contribution is 7.87. The lowest BCUT2D eigenvalue weighted by atomic mass is 9.93. The molecule has 1 spiro atoms. The molecule has 1 aliphatic carbocycles. The van der Waals surface area contributed by atoms with Gasteiger partial charge in [0.1, 0.15) is 10.6 Å². The minimum absolute atomic E-state index is 0.138. The maximum absolute atomic E-state index is 12.4. The van der Waals surface area contributed by atoms with Crippen molar-refractivity contribution in [2.75, 3.05) is 12.3 Å². The van der Waals surface area contributed by atoms with Gasteiger partial charge in [-0.1, -0.05) is 58.3 Å². The number of unbranched alkanes of at least 4 members (excludes halogenated alkanes) is 5. The van der Waals surface area contributed by atoms with Crippen LogP contribution in [0.15, 0.2) is 0 Å². The zero-order chi connectivity index (χ0) is 14.4. The molecule has 1 aliphatic heterocycles. The zero-order valence-corrected chi connectivity index (χ0v) is 13.7. The maximum atomic E-state index is 12.4. The Morgan fingerprint density at radius 3 is 2.40 bits per heavy atom. The van der Waals surface area contributed by atoms with E-state index < -0.39 is 10.8 Å². The van der Waals surface area contributed by atoms with Crippen LogP contribution >= 0.6 is 0 Å². The topological polar surface area (TPSA) is 37.4 Å². The minimum atomic E-state index is -0.962. The first-order chi connectivity index (χ1) is 9.70. The van der Waals surface area contributed by atoms with Gasteiger partial charge >= 0.3 is 0 Å². The van der Waals surface area contributed by atoms with E-state index in [1.807, 2.05) is 4.90 Å². The summed E-state index contributed by atoms with van der Waals surface area (Å²) in [5, 5.41) is 0.